The third kappa shape index (κ3) is 6.43. The fourth-order valence-electron chi connectivity index (χ4n) is 3.01. The molecule has 1 N–H and O–H groups in total. The number of hydrogen-bond acceptors (Lipinski definition) is 5. The minimum absolute atomic E-state index is 0.195. The molecule has 0 aliphatic heterocycles. The Kier molecular flexibility index (Phi) is 7.99. The fraction of sp³-hybridized carbons (Fsp3) is 0.500. The van der Waals surface area contributed by atoms with E-state index in [0.29, 0.717) is 17.1 Å². The summed E-state index contributed by atoms with van der Waals surface area (Å²) < 4.78 is 15.4. The van der Waals surface area contributed by atoms with Crippen molar-refractivity contribution in [2.24, 2.45) is 0 Å². The number of esters is 1. The SMILES string of the molecule is COc1ccc(OC)c(/C=C/C(=O)OCC(=O)NC2CCCCCC2)c1. The Balaban J connectivity index is 1.82. The Labute approximate surface area is 154 Å². The zero-order chi connectivity index (χ0) is 18.8. The van der Waals surface area contributed by atoms with Crippen LogP contribution in [0.5, 0.6) is 11.5 Å². The summed E-state index contributed by atoms with van der Waals surface area (Å²) in [5.41, 5.74) is 0.687. The van der Waals surface area contributed by atoms with Gasteiger partial charge in [-0.3, -0.25) is 4.79 Å². The molecule has 2 rings (SSSR count). The zero-order valence-corrected chi connectivity index (χ0v) is 15.5. The highest BCUT2D eigenvalue weighted by atomic mass is 16.5. The van der Waals surface area contributed by atoms with E-state index in [1.54, 1.807) is 38.5 Å². The number of amides is 1. The van der Waals surface area contributed by atoms with Crippen molar-refractivity contribution in [1.82, 2.24) is 5.32 Å². The van der Waals surface area contributed by atoms with Crippen molar-refractivity contribution in [2.75, 3.05) is 20.8 Å². The molecule has 1 amide bonds. The molecule has 0 radical (unpaired) electrons. The number of carbonyl (C=O) groups is 2. The standard InChI is InChI=1S/C20H27NO5/c1-24-17-10-11-18(25-2)15(13-17)9-12-20(23)26-14-19(22)21-16-7-5-3-4-6-8-16/h9-13,16H,3-8,14H2,1-2H3,(H,21,22)/b12-9+. The van der Waals surface area contributed by atoms with Crippen molar-refractivity contribution in [3.05, 3.63) is 29.8 Å². The van der Waals surface area contributed by atoms with Gasteiger partial charge in [-0.2, -0.15) is 0 Å². The van der Waals surface area contributed by atoms with Gasteiger partial charge in [-0.05, 0) is 37.1 Å². The minimum Gasteiger partial charge on any atom is -0.497 e. The van der Waals surface area contributed by atoms with Gasteiger partial charge in [0.2, 0.25) is 0 Å². The average Bonchev–Trinajstić information content (AvgIpc) is 2.93. The van der Waals surface area contributed by atoms with Gasteiger partial charge < -0.3 is 19.5 Å². The lowest BCUT2D eigenvalue weighted by atomic mass is 10.1. The van der Waals surface area contributed by atoms with Crippen LogP contribution in [0, 0.1) is 0 Å². The number of benzene rings is 1. The molecule has 0 spiro atoms. The number of carbonyl (C=O) groups excluding carboxylic acids is 2. The molecule has 0 aromatic heterocycles. The summed E-state index contributed by atoms with van der Waals surface area (Å²) in [5, 5.41) is 2.94. The predicted molar refractivity (Wildman–Crippen MR) is 99.2 cm³/mol. The molecule has 1 aliphatic carbocycles. The third-order valence-electron chi connectivity index (χ3n) is 4.40. The Morgan fingerprint density at radius 3 is 2.50 bits per heavy atom. The maximum absolute atomic E-state index is 11.9. The topological polar surface area (TPSA) is 73.9 Å². The van der Waals surface area contributed by atoms with Gasteiger partial charge in [-0.1, -0.05) is 25.7 Å². The molecule has 1 aromatic carbocycles. The summed E-state index contributed by atoms with van der Waals surface area (Å²) in [7, 11) is 3.12. The fourth-order valence-corrected chi connectivity index (χ4v) is 3.01. The van der Waals surface area contributed by atoms with E-state index in [9.17, 15) is 9.59 Å². The van der Waals surface area contributed by atoms with Crippen molar-refractivity contribution in [3.8, 4) is 11.5 Å². The molecule has 6 heteroatoms. The third-order valence-corrected chi connectivity index (χ3v) is 4.40. The summed E-state index contributed by atoms with van der Waals surface area (Å²) in [6, 6.07) is 5.47. The molecular formula is C20H27NO5. The van der Waals surface area contributed by atoms with Crippen molar-refractivity contribution in [3.63, 3.8) is 0 Å². The Bertz CT molecular complexity index is 633. The first-order valence-corrected chi connectivity index (χ1v) is 8.98. The monoisotopic (exact) mass is 361 g/mol. The minimum atomic E-state index is -0.578. The lowest BCUT2D eigenvalue weighted by Gasteiger charge is -2.15. The van der Waals surface area contributed by atoms with Crippen LogP contribution in [0.25, 0.3) is 6.08 Å². The van der Waals surface area contributed by atoms with Crippen LogP contribution in [-0.4, -0.2) is 38.7 Å². The molecule has 0 saturated heterocycles. The van der Waals surface area contributed by atoms with E-state index in [4.69, 9.17) is 14.2 Å². The highest BCUT2D eigenvalue weighted by Gasteiger charge is 2.15. The molecule has 1 aromatic rings. The number of rotatable bonds is 7. The van der Waals surface area contributed by atoms with Gasteiger partial charge in [0, 0.05) is 17.7 Å². The maximum Gasteiger partial charge on any atom is 0.331 e. The summed E-state index contributed by atoms with van der Waals surface area (Å²) >= 11 is 0. The first kappa shape index (κ1) is 19.8. The van der Waals surface area contributed by atoms with Crippen LogP contribution in [0.3, 0.4) is 0 Å². The molecule has 1 saturated carbocycles. The Hall–Kier alpha value is -2.50. The molecule has 0 heterocycles. The molecule has 1 fully saturated rings. The van der Waals surface area contributed by atoms with Crippen molar-refractivity contribution >= 4 is 18.0 Å². The van der Waals surface area contributed by atoms with Gasteiger partial charge in [0.1, 0.15) is 11.5 Å². The van der Waals surface area contributed by atoms with E-state index < -0.39 is 5.97 Å². The van der Waals surface area contributed by atoms with E-state index in [-0.39, 0.29) is 18.6 Å². The van der Waals surface area contributed by atoms with Crippen molar-refractivity contribution in [1.29, 1.82) is 0 Å². The molecule has 0 bridgehead atoms. The summed E-state index contributed by atoms with van der Waals surface area (Å²) in [5.74, 6) is 0.436. The quantitative estimate of drug-likeness (QED) is 0.459. The van der Waals surface area contributed by atoms with Crippen LogP contribution in [0.4, 0.5) is 0 Å². The smallest absolute Gasteiger partial charge is 0.331 e. The van der Waals surface area contributed by atoms with Crippen LogP contribution in [0.2, 0.25) is 0 Å². The van der Waals surface area contributed by atoms with Gasteiger partial charge in [-0.15, -0.1) is 0 Å². The molecule has 0 unspecified atom stereocenters. The molecule has 26 heavy (non-hydrogen) atoms. The van der Waals surface area contributed by atoms with Gasteiger partial charge in [0.05, 0.1) is 14.2 Å². The molecule has 0 atom stereocenters. The second kappa shape index (κ2) is 10.5. The first-order valence-electron chi connectivity index (χ1n) is 8.98. The van der Waals surface area contributed by atoms with Crippen LogP contribution >= 0.6 is 0 Å². The van der Waals surface area contributed by atoms with Gasteiger partial charge in [0.25, 0.3) is 5.91 Å². The van der Waals surface area contributed by atoms with Gasteiger partial charge in [-0.25, -0.2) is 4.79 Å². The van der Waals surface area contributed by atoms with E-state index in [1.165, 1.54) is 18.9 Å². The second-order valence-corrected chi connectivity index (χ2v) is 6.30. The lowest BCUT2D eigenvalue weighted by Crippen LogP contribution is -2.37. The summed E-state index contributed by atoms with van der Waals surface area (Å²) in [4.78, 5) is 23.8. The summed E-state index contributed by atoms with van der Waals surface area (Å²) in [6.07, 6.45) is 9.55. The normalized spacial score (nSPS) is 15.3. The zero-order valence-electron chi connectivity index (χ0n) is 15.5. The number of nitrogens with one attached hydrogen (secondary N) is 1. The first-order chi connectivity index (χ1) is 12.6. The largest absolute Gasteiger partial charge is 0.497 e. The lowest BCUT2D eigenvalue weighted by molar-refractivity contribution is -0.144. The van der Waals surface area contributed by atoms with Crippen LogP contribution < -0.4 is 14.8 Å². The second-order valence-electron chi connectivity index (χ2n) is 6.30. The number of methoxy groups -OCH3 is 2. The maximum atomic E-state index is 11.9. The molecule has 1 aliphatic rings. The van der Waals surface area contributed by atoms with Crippen molar-refractivity contribution < 1.29 is 23.8 Å². The van der Waals surface area contributed by atoms with Crippen molar-refractivity contribution in [2.45, 2.75) is 44.6 Å². The molecular weight excluding hydrogens is 334 g/mol. The van der Waals surface area contributed by atoms with Crippen LogP contribution in [0.1, 0.15) is 44.1 Å². The predicted octanol–water partition coefficient (Wildman–Crippen LogP) is 3.10. The van der Waals surface area contributed by atoms with E-state index >= 15 is 0 Å². The van der Waals surface area contributed by atoms with Gasteiger partial charge >= 0.3 is 5.97 Å². The summed E-state index contributed by atoms with van der Waals surface area (Å²) in [6.45, 7) is -0.269. The van der Waals surface area contributed by atoms with E-state index in [1.807, 2.05) is 0 Å². The van der Waals surface area contributed by atoms with E-state index in [2.05, 4.69) is 5.32 Å². The average molecular weight is 361 g/mol. The Morgan fingerprint density at radius 2 is 1.85 bits per heavy atom. The number of hydrogen-bond donors (Lipinski definition) is 1. The molecule has 142 valence electrons. The van der Waals surface area contributed by atoms with Gasteiger partial charge in [0.15, 0.2) is 6.61 Å². The Morgan fingerprint density at radius 1 is 1.12 bits per heavy atom. The van der Waals surface area contributed by atoms with Crippen LogP contribution in [0.15, 0.2) is 24.3 Å². The number of ether oxygens (including phenoxy) is 3. The molecule has 6 nitrogen and oxygen atoms in total. The highest BCUT2D eigenvalue weighted by molar-refractivity contribution is 5.89. The van der Waals surface area contributed by atoms with Crippen LogP contribution in [-0.2, 0) is 14.3 Å². The van der Waals surface area contributed by atoms with E-state index in [0.717, 1.165) is 25.7 Å². The highest BCUT2D eigenvalue weighted by Crippen LogP contribution is 2.25.